The average Bonchev–Trinajstić information content (AvgIpc) is 2.35. The maximum atomic E-state index is 12.9. The Morgan fingerprint density at radius 1 is 1.44 bits per heavy atom. The van der Waals surface area contributed by atoms with Crippen molar-refractivity contribution >= 4 is 5.91 Å². The first-order valence-electron chi connectivity index (χ1n) is 6.22. The van der Waals surface area contributed by atoms with Crippen LogP contribution in [0.1, 0.15) is 31.3 Å². The number of hydrogen-bond acceptors (Lipinski definition) is 3. The van der Waals surface area contributed by atoms with Crippen molar-refractivity contribution in [2.45, 2.75) is 26.8 Å². The highest BCUT2D eigenvalue weighted by Crippen LogP contribution is 1.99. The minimum absolute atomic E-state index is 0.00228. The highest BCUT2D eigenvalue weighted by Gasteiger charge is 2.13. The van der Waals surface area contributed by atoms with Gasteiger partial charge in [0.05, 0.1) is 0 Å². The van der Waals surface area contributed by atoms with E-state index in [1.54, 1.807) is 0 Å². The van der Waals surface area contributed by atoms with Gasteiger partial charge in [-0.05, 0) is 32.1 Å². The van der Waals surface area contributed by atoms with Gasteiger partial charge in [-0.2, -0.15) is 4.39 Å². The van der Waals surface area contributed by atoms with Gasteiger partial charge in [0.2, 0.25) is 5.95 Å². The van der Waals surface area contributed by atoms with Crippen LogP contribution in [0.3, 0.4) is 0 Å². The Labute approximate surface area is 107 Å². The van der Waals surface area contributed by atoms with Gasteiger partial charge in [0.25, 0.3) is 5.91 Å². The maximum absolute atomic E-state index is 12.9. The van der Waals surface area contributed by atoms with Gasteiger partial charge in [-0.3, -0.25) is 4.79 Å². The fourth-order valence-electron chi connectivity index (χ4n) is 1.75. The Bertz CT molecular complexity index is 394. The molecule has 0 aliphatic heterocycles. The van der Waals surface area contributed by atoms with Crippen LogP contribution in [0.5, 0.6) is 0 Å². The van der Waals surface area contributed by atoms with Crippen molar-refractivity contribution in [2.75, 3.05) is 19.6 Å². The molecule has 0 radical (unpaired) electrons. The van der Waals surface area contributed by atoms with E-state index in [-0.39, 0.29) is 17.6 Å². The van der Waals surface area contributed by atoms with Crippen LogP contribution < -0.4 is 5.32 Å². The molecule has 0 spiro atoms. The second-order valence-electron chi connectivity index (χ2n) is 4.21. The highest BCUT2D eigenvalue weighted by molar-refractivity contribution is 5.92. The number of nitrogens with zero attached hydrogens (tertiary/aromatic N) is 2. The summed E-state index contributed by atoms with van der Waals surface area (Å²) in [6, 6.07) is 4.20. The molecular formula is C13H20FN3O. The molecule has 1 unspecified atom stereocenters. The summed E-state index contributed by atoms with van der Waals surface area (Å²) in [4.78, 5) is 17.6. The Hall–Kier alpha value is -1.49. The van der Waals surface area contributed by atoms with E-state index < -0.39 is 5.95 Å². The molecule has 1 atom stereocenters. The SMILES string of the molecule is CCN(CC)CC(C)NC(=O)c1cccc(F)n1. The average molecular weight is 253 g/mol. The molecule has 1 amide bonds. The van der Waals surface area contributed by atoms with Crippen molar-refractivity contribution in [1.82, 2.24) is 15.2 Å². The van der Waals surface area contributed by atoms with Gasteiger partial charge in [-0.1, -0.05) is 19.9 Å². The lowest BCUT2D eigenvalue weighted by molar-refractivity contribution is 0.0924. The topological polar surface area (TPSA) is 45.2 Å². The molecule has 1 heterocycles. The van der Waals surface area contributed by atoms with Crippen molar-refractivity contribution < 1.29 is 9.18 Å². The van der Waals surface area contributed by atoms with Gasteiger partial charge in [0.15, 0.2) is 0 Å². The summed E-state index contributed by atoms with van der Waals surface area (Å²) in [7, 11) is 0. The van der Waals surface area contributed by atoms with Gasteiger partial charge in [-0.15, -0.1) is 0 Å². The van der Waals surface area contributed by atoms with Gasteiger partial charge < -0.3 is 10.2 Å². The molecule has 1 aromatic rings. The second kappa shape index (κ2) is 7.06. The molecular weight excluding hydrogens is 233 g/mol. The summed E-state index contributed by atoms with van der Waals surface area (Å²) >= 11 is 0. The van der Waals surface area contributed by atoms with Crippen molar-refractivity contribution in [2.24, 2.45) is 0 Å². The molecule has 0 fully saturated rings. The molecule has 0 aromatic carbocycles. The Morgan fingerprint density at radius 2 is 2.11 bits per heavy atom. The number of carbonyl (C=O) groups excluding carboxylic acids is 1. The number of pyridine rings is 1. The third-order valence-corrected chi connectivity index (χ3v) is 2.75. The zero-order valence-electron chi connectivity index (χ0n) is 11.1. The number of halogens is 1. The normalized spacial score (nSPS) is 12.5. The predicted octanol–water partition coefficient (Wildman–Crippen LogP) is 1.68. The van der Waals surface area contributed by atoms with Crippen LogP contribution in [0.25, 0.3) is 0 Å². The third-order valence-electron chi connectivity index (χ3n) is 2.75. The van der Waals surface area contributed by atoms with Crippen LogP contribution in [-0.4, -0.2) is 41.5 Å². The Kier molecular flexibility index (Phi) is 5.71. The molecule has 5 heteroatoms. The smallest absolute Gasteiger partial charge is 0.270 e. The van der Waals surface area contributed by atoms with Gasteiger partial charge in [0.1, 0.15) is 5.69 Å². The zero-order valence-corrected chi connectivity index (χ0v) is 11.1. The summed E-state index contributed by atoms with van der Waals surface area (Å²) in [6.07, 6.45) is 0. The maximum Gasteiger partial charge on any atom is 0.270 e. The summed E-state index contributed by atoms with van der Waals surface area (Å²) in [5, 5.41) is 2.81. The van der Waals surface area contributed by atoms with Crippen molar-refractivity contribution in [3.05, 3.63) is 29.8 Å². The molecule has 0 aliphatic rings. The van der Waals surface area contributed by atoms with Crippen LogP contribution in [0, 0.1) is 5.95 Å². The summed E-state index contributed by atoms with van der Waals surface area (Å²) in [5.41, 5.74) is 0.112. The van der Waals surface area contributed by atoms with Gasteiger partial charge >= 0.3 is 0 Å². The van der Waals surface area contributed by atoms with Crippen molar-refractivity contribution in [3.8, 4) is 0 Å². The highest BCUT2D eigenvalue weighted by atomic mass is 19.1. The number of likely N-dealkylation sites (N-methyl/N-ethyl adjacent to an activating group) is 1. The van der Waals surface area contributed by atoms with Crippen LogP contribution in [0.2, 0.25) is 0 Å². The molecule has 4 nitrogen and oxygen atoms in total. The van der Waals surface area contributed by atoms with E-state index in [0.29, 0.717) is 0 Å². The first-order valence-corrected chi connectivity index (χ1v) is 6.22. The number of amides is 1. The van der Waals surface area contributed by atoms with Crippen LogP contribution >= 0.6 is 0 Å². The lowest BCUT2D eigenvalue weighted by Gasteiger charge is -2.23. The number of carbonyl (C=O) groups is 1. The van der Waals surface area contributed by atoms with E-state index in [4.69, 9.17) is 0 Å². The van der Waals surface area contributed by atoms with Crippen LogP contribution in [0.15, 0.2) is 18.2 Å². The van der Waals surface area contributed by atoms with E-state index in [2.05, 4.69) is 29.0 Å². The second-order valence-corrected chi connectivity index (χ2v) is 4.21. The minimum Gasteiger partial charge on any atom is -0.347 e. The summed E-state index contributed by atoms with van der Waals surface area (Å²) in [5.74, 6) is -0.979. The first kappa shape index (κ1) is 14.6. The number of nitrogens with one attached hydrogen (secondary N) is 1. The largest absolute Gasteiger partial charge is 0.347 e. The summed E-state index contributed by atoms with van der Waals surface area (Å²) < 4.78 is 12.9. The first-order chi connectivity index (χ1) is 8.56. The van der Waals surface area contributed by atoms with Gasteiger partial charge in [-0.25, -0.2) is 4.98 Å². The minimum atomic E-state index is -0.640. The monoisotopic (exact) mass is 253 g/mol. The molecule has 18 heavy (non-hydrogen) atoms. The van der Waals surface area contributed by atoms with Crippen LogP contribution in [0.4, 0.5) is 4.39 Å². The number of hydrogen-bond donors (Lipinski definition) is 1. The fourth-order valence-corrected chi connectivity index (χ4v) is 1.75. The zero-order chi connectivity index (χ0) is 13.5. The number of aromatic nitrogens is 1. The van der Waals surface area contributed by atoms with Crippen LogP contribution in [-0.2, 0) is 0 Å². The molecule has 0 saturated carbocycles. The van der Waals surface area contributed by atoms with Crippen molar-refractivity contribution in [1.29, 1.82) is 0 Å². The van der Waals surface area contributed by atoms with E-state index >= 15 is 0 Å². The molecule has 0 bridgehead atoms. The molecule has 1 aromatic heterocycles. The quantitative estimate of drug-likeness (QED) is 0.785. The summed E-state index contributed by atoms with van der Waals surface area (Å²) in [6.45, 7) is 8.73. The fraction of sp³-hybridized carbons (Fsp3) is 0.538. The standard InChI is InChI=1S/C13H20FN3O/c1-4-17(5-2)9-10(3)15-13(18)11-7-6-8-12(14)16-11/h6-8,10H,4-5,9H2,1-3H3,(H,15,18). The predicted molar refractivity (Wildman–Crippen MR) is 68.9 cm³/mol. The van der Waals surface area contributed by atoms with Gasteiger partial charge in [0, 0.05) is 12.6 Å². The molecule has 1 N–H and O–H groups in total. The number of rotatable bonds is 6. The lowest BCUT2D eigenvalue weighted by atomic mass is 10.2. The van der Waals surface area contributed by atoms with E-state index in [1.165, 1.54) is 18.2 Å². The molecule has 0 saturated heterocycles. The Balaban J connectivity index is 2.54. The van der Waals surface area contributed by atoms with E-state index in [1.807, 2.05) is 6.92 Å². The molecule has 1 rings (SSSR count). The lowest BCUT2D eigenvalue weighted by Crippen LogP contribution is -2.42. The van der Waals surface area contributed by atoms with E-state index in [0.717, 1.165) is 19.6 Å². The van der Waals surface area contributed by atoms with Crippen molar-refractivity contribution in [3.63, 3.8) is 0 Å². The Morgan fingerprint density at radius 3 is 2.67 bits per heavy atom. The third kappa shape index (κ3) is 4.41. The molecule has 0 aliphatic carbocycles. The van der Waals surface area contributed by atoms with E-state index in [9.17, 15) is 9.18 Å². The molecule has 100 valence electrons.